The quantitative estimate of drug-likeness (QED) is 0.848. The molecule has 1 rings (SSSR count). The van der Waals surface area contributed by atoms with Gasteiger partial charge in [0.25, 0.3) is 0 Å². The van der Waals surface area contributed by atoms with E-state index in [0.717, 1.165) is 12.1 Å². The highest BCUT2D eigenvalue weighted by molar-refractivity contribution is 5.50. The van der Waals surface area contributed by atoms with E-state index in [-0.39, 0.29) is 17.8 Å². The summed E-state index contributed by atoms with van der Waals surface area (Å²) >= 11 is 0. The maximum atomic E-state index is 13.6. The Morgan fingerprint density at radius 2 is 1.71 bits per heavy atom. The first-order valence-electron chi connectivity index (χ1n) is 5.27. The molecule has 0 radical (unpaired) electrons. The van der Waals surface area contributed by atoms with Gasteiger partial charge in [-0.3, -0.25) is 0 Å². The van der Waals surface area contributed by atoms with E-state index in [4.69, 9.17) is 5.11 Å². The zero-order valence-corrected chi connectivity index (χ0v) is 10.2. The summed E-state index contributed by atoms with van der Waals surface area (Å²) in [4.78, 5) is 1.31. The van der Waals surface area contributed by atoms with E-state index in [1.807, 2.05) is 0 Å². The number of rotatable bonds is 4. The zero-order valence-electron chi connectivity index (χ0n) is 10.2. The Balaban J connectivity index is 3.06. The van der Waals surface area contributed by atoms with Crippen LogP contribution in [0.4, 0.5) is 14.5 Å². The summed E-state index contributed by atoms with van der Waals surface area (Å²) in [5.41, 5.74) is -1.08. The monoisotopic (exact) mass is 245 g/mol. The third kappa shape index (κ3) is 3.64. The SMILES string of the molecule is CN(CC(C)(C)O)c1c(F)cc(CO)cc1F. The highest BCUT2D eigenvalue weighted by Crippen LogP contribution is 2.25. The van der Waals surface area contributed by atoms with Crippen molar-refractivity contribution >= 4 is 5.69 Å². The van der Waals surface area contributed by atoms with Crippen LogP contribution in [0.1, 0.15) is 19.4 Å². The number of aliphatic hydroxyl groups excluding tert-OH is 1. The number of nitrogens with zero attached hydrogens (tertiary/aromatic N) is 1. The van der Waals surface area contributed by atoms with Crippen LogP contribution in [0.5, 0.6) is 0 Å². The van der Waals surface area contributed by atoms with Crippen LogP contribution in [0, 0.1) is 11.6 Å². The molecule has 0 amide bonds. The molecule has 3 nitrogen and oxygen atoms in total. The number of halogens is 2. The standard InChI is InChI=1S/C12H17F2NO2/c1-12(2,17)7-15(3)11-9(13)4-8(6-16)5-10(11)14/h4-5,16-17H,6-7H2,1-3H3. The fourth-order valence-corrected chi connectivity index (χ4v) is 1.73. The molecule has 17 heavy (non-hydrogen) atoms. The van der Waals surface area contributed by atoms with Gasteiger partial charge < -0.3 is 15.1 Å². The van der Waals surface area contributed by atoms with Gasteiger partial charge in [-0.05, 0) is 31.5 Å². The average Bonchev–Trinajstić information content (AvgIpc) is 2.13. The second-order valence-corrected chi connectivity index (χ2v) is 4.73. The molecule has 0 fully saturated rings. The van der Waals surface area contributed by atoms with Gasteiger partial charge in [0.2, 0.25) is 0 Å². The molecule has 0 saturated carbocycles. The maximum absolute atomic E-state index is 13.6. The number of aliphatic hydroxyl groups is 2. The summed E-state index contributed by atoms with van der Waals surface area (Å²) in [6.07, 6.45) is 0. The molecule has 0 aromatic heterocycles. The van der Waals surface area contributed by atoms with Crippen molar-refractivity contribution in [2.45, 2.75) is 26.1 Å². The molecular weight excluding hydrogens is 228 g/mol. The summed E-state index contributed by atoms with van der Waals surface area (Å²) in [6, 6.07) is 2.17. The Kier molecular flexibility index (Phi) is 4.06. The van der Waals surface area contributed by atoms with Gasteiger partial charge in [0.1, 0.15) is 17.3 Å². The predicted molar refractivity (Wildman–Crippen MR) is 61.8 cm³/mol. The number of anilines is 1. The van der Waals surface area contributed by atoms with Crippen LogP contribution >= 0.6 is 0 Å². The summed E-state index contributed by atoms with van der Waals surface area (Å²) < 4.78 is 27.3. The minimum absolute atomic E-state index is 0.0965. The van der Waals surface area contributed by atoms with E-state index in [2.05, 4.69) is 0 Å². The normalized spacial score (nSPS) is 11.7. The topological polar surface area (TPSA) is 43.7 Å². The van der Waals surface area contributed by atoms with Gasteiger partial charge in [0.15, 0.2) is 0 Å². The Bertz CT molecular complexity index is 379. The van der Waals surface area contributed by atoms with Crippen LogP contribution in [0.25, 0.3) is 0 Å². The Hall–Kier alpha value is -1.20. The van der Waals surface area contributed by atoms with E-state index >= 15 is 0 Å². The van der Waals surface area contributed by atoms with Gasteiger partial charge in [-0.1, -0.05) is 0 Å². The molecule has 5 heteroatoms. The van der Waals surface area contributed by atoms with Crippen LogP contribution < -0.4 is 4.90 Å². The number of likely N-dealkylation sites (N-methyl/N-ethyl adjacent to an activating group) is 1. The van der Waals surface area contributed by atoms with E-state index in [1.54, 1.807) is 13.8 Å². The highest BCUT2D eigenvalue weighted by Gasteiger charge is 2.21. The van der Waals surface area contributed by atoms with Crippen molar-refractivity contribution in [3.63, 3.8) is 0 Å². The molecule has 0 aliphatic heterocycles. The molecule has 1 aromatic rings. The van der Waals surface area contributed by atoms with Crippen molar-refractivity contribution in [2.24, 2.45) is 0 Å². The lowest BCUT2D eigenvalue weighted by molar-refractivity contribution is 0.0883. The second kappa shape index (κ2) is 4.98. The fourth-order valence-electron chi connectivity index (χ4n) is 1.73. The first-order valence-corrected chi connectivity index (χ1v) is 5.27. The molecule has 0 unspecified atom stereocenters. The van der Waals surface area contributed by atoms with Crippen LogP contribution in [0.2, 0.25) is 0 Å². The molecule has 0 bridgehead atoms. The lowest BCUT2D eigenvalue weighted by Gasteiger charge is -2.27. The number of benzene rings is 1. The minimum atomic E-state index is -1.05. The van der Waals surface area contributed by atoms with Gasteiger partial charge in [0.05, 0.1) is 12.2 Å². The molecule has 0 aliphatic rings. The van der Waals surface area contributed by atoms with Crippen molar-refractivity contribution in [1.29, 1.82) is 0 Å². The summed E-state index contributed by atoms with van der Waals surface area (Å²) in [7, 11) is 1.50. The molecule has 0 aliphatic carbocycles. The van der Waals surface area contributed by atoms with Crippen LogP contribution in [0.15, 0.2) is 12.1 Å². The van der Waals surface area contributed by atoms with E-state index in [0.29, 0.717) is 0 Å². The first kappa shape index (κ1) is 13.9. The Morgan fingerprint density at radius 3 is 2.06 bits per heavy atom. The number of hydrogen-bond donors (Lipinski definition) is 2. The summed E-state index contributed by atoms with van der Waals surface area (Å²) in [5.74, 6) is -1.50. The molecule has 0 heterocycles. The summed E-state index contributed by atoms with van der Waals surface area (Å²) in [5, 5.41) is 18.4. The highest BCUT2D eigenvalue weighted by atomic mass is 19.1. The van der Waals surface area contributed by atoms with E-state index in [1.165, 1.54) is 11.9 Å². The smallest absolute Gasteiger partial charge is 0.149 e. The molecule has 96 valence electrons. The molecule has 0 atom stereocenters. The van der Waals surface area contributed by atoms with Crippen molar-refractivity contribution in [2.75, 3.05) is 18.5 Å². The molecule has 0 saturated heterocycles. The van der Waals surface area contributed by atoms with Crippen LogP contribution in [-0.2, 0) is 6.61 Å². The van der Waals surface area contributed by atoms with Gasteiger partial charge in [0, 0.05) is 13.6 Å². The lowest BCUT2D eigenvalue weighted by Crippen LogP contribution is -2.37. The maximum Gasteiger partial charge on any atom is 0.149 e. The fraction of sp³-hybridized carbons (Fsp3) is 0.500. The van der Waals surface area contributed by atoms with Crippen LogP contribution in [0.3, 0.4) is 0 Å². The molecule has 2 N–H and O–H groups in total. The first-order chi connectivity index (χ1) is 7.74. The third-order valence-electron chi connectivity index (χ3n) is 2.27. The second-order valence-electron chi connectivity index (χ2n) is 4.73. The largest absolute Gasteiger partial charge is 0.392 e. The minimum Gasteiger partial charge on any atom is -0.392 e. The van der Waals surface area contributed by atoms with E-state index in [9.17, 15) is 13.9 Å². The van der Waals surface area contributed by atoms with Crippen molar-refractivity contribution in [3.8, 4) is 0 Å². The van der Waals surface area contributed by atoms with Gasteiger partial charge in [-0.15, -0.1) is 0 Å². The van der Waals surface area contributed by atoms with Crippen molar-refractivity contribution < 1.29 is 19.0 Å². The zero-order chi connectivity index (χ0) is 13.2. The molecule has 0 spiro atoms. The third-order valence-corrected chi connectivity index (χ3v) is 2.27. The van der Waals surface area contributed by atoms with Gasteiger partial charge in [-0.25, -0.2) is 8.78 Å². The van der Waals surface area contributed by atoms with E-state index < -0.39 is 23.8 Å². The van der Waals surface area contributed by atoms with Crippen LogP contribution in [-0.4, -0.2) is 29.4 Å². The number of hydrogen-bond acceptors (Lipinski definition) is 3. The lowest BCUT2D eigenvalue weighted by atomic mass is 10.1. The Morgan fingerprint density at radius 1 is 1.24 bits per heavy atom. The predicted octanol–water partition coefficient (Wildman–Crippen LogP) is 1.66. The molecular formula is C12H17F2NO2. The van der Waals surface area contributed by atoms with Gasteiger partial charge in [-0.2, -0.15) is 0 Å². The van der Waals surface area contributed by atoms with Crippen molar-refractivity contribution in [1.82, 2.24) is 0 Å². The summed E-state index contributed by atoms with van der Waals surface area (Å²) in [6.45, 7) is 2.80. The average molecular weight is 245 g/mol. The van der Waals surface area contributed by atoms with Gasteiger partial charge >= 0.3 is 0 Å². The Labute approximate surface area is 99.3 Å². The van der Waals surface area contributed by atoms with Crippen molar-refractivity contribution in [3.05, 3.63) is 29.3 Å². The molecule has 1 aromatic carbocycles.